The lowest BCUT2D eigenvalue weighted by Crippen LogP contribution is -2.37. The highest BCUT2D eigenvalue weighted by Crippen LogP contribution is 2.31. The van der Waals surface area contributed by atoms with E-state index in [-0.39, 0.29) is 0 Å². The molecule has 2 atom stereocenters. The van der Waals surface area contributed by atoms with E-state index in [4.69, 9.17) is 5.73 Å². The van der Waals surface area contributed by atoms with Gasteiger partial charge in [0.15, 0.2) is 0 Å². The van der Waals surface area contributed by atoms with Crippen LogP contribution in [0.25, 0.3) is 0 Å². The summed E-state index contributed by atoms with van der Waals surface area (Å²) in [6, 6.07) is 9.13. The minimum atomic E-state index is 0.518. The van der Waals surface area contributed by atoms with Crippen LogP contribution in [0.5, 0.6) is 0 Å². The number of likely N-dealkylation sites (tertiary alicyclic amines) is 1. The maximum absolute atomic E-state index is 6.06. The van der Waals surface area contributed by atoms with Crippen LogP contribution in [0.1, 0.15) is 49.7 Å². The van der Waals surface area contributed by atoms with Gasteiger partial charge >= 0.3 is 0 Å². The van der Waals surface area contributed by atoms with Gasteiger partial charge in [0, 0.05) is 12.5 Å². The highest BCUT2D eigenvalue weighted by Gasteiger charge is 2.26. The van der Waals surface area contributed by atoms with E-state index in [0.29, 0.717) is 17.8 Å². The number of benzene rings is 1. The SMILES string of the molecule is CC(C)c1ccc(C(CN)C2CCCN(C)C2)cc1. The van der Waals surface area contributed by atoms with Gasteiger partial charge < -0.3 is 10.6 Å². The Labute approximate surface area is 118 Å². The van der Waals surface area contributed by atoms with Crippen LogP contribution >= 0.6 is 0 Å². The summed E-state index contributed by atoms with van der Waals surface area (Å²) in [4.78, 5) is 2.44. The van der Waals surface area contributed by atoms with Crippen LogP contribution in [-0.4, -0.2) is 31.6 Å². The van der Waals surface area contributed by atoms with Gasteiger partial charge in [-0.3, -0.25) is 0 Å². The van der Waals surface area contributed by atoms with Gasteiger partial charge in [-0.2, -0.15) is 0 Å². The molecule has 1 saturated heterocycles. The highest BCUT2D eigenvalue weighted by molar-refractivity contribution is 5.28. The van der Waals surface area contributed by atoms with E-state index in [1.54, 1.807) is 0 Å². The van der Waals surface area contributed by atoms with Gasteiger partial charge in [0.05, 0.1) is 0 Å². The minimum Gasteiger partial charge on any atom is -0.330 e. The summed E-state index contributed by atoms with van der Waals surface area (Å²) in [5.74, 6) is 1.84. The molecule has 106 valence electrons. The molecule has 2 rings (SSSR count). The molecule has 19 heavy (non-hydrogen) atoms. The summed E-state index contributed by atoms with van der Waals surface area (Å²) < 4.78 is 0. The summed E-state index contributed by atoms with van der Waals surface area (Å²) >= 11 is 0. The zero-order valence-corrected chi connectivity index (χ0v) is 12.6. The maximum atomic E-state index is 6.06. The van der Waals surface area contributed by atoms with Crippen molar-refractivity contribution in [3.63, 3.8) is 0 Å². The number of nitrogens with zero attached hydrogens (tertiary/aromatic N) is 1. The van der Waals surface area contributed by atoms with Gasteiger partial charge in [0.1, 0.15) is 0 Å². The molecule has 2 heteroatoms. The Morgan fingerprint density at radius 2 is 1.84 bits per heavy atom. The molecule has 1 fully saturated rings. The van der Waals surface area contributed by atoms with E-state index >= 15 is 0 Å². The molecule has 1 heterocycles. The molecule has 1 aliphatic heterocycles. The van der Waals surface area contributed by atoms with Crippen molar-refractivity contribution >= 4 is 0 Å². The molecule has 0 amide bonds. The maximum Gasteiger partial charge on any atom is 0.00129 e. The van der Waals surface area contributed by atoms with Crippen molar-refractivity contribution in [3.05, 3.63) is 35.4 Å². The highest BCUT2D eigenvalue weighted by atomic mass is 15.1. The van der Waals surface area contributed by atoms with Crippen molar-refractivity contribution in [1.82, 2.24) is 4.90 Å². The third-order valence-corrected chi connectivity index (χ3v) is 4.52. The monoisotopic (exact) mass is 260 g/mol. The zero-order chi connectivity index (χ0) is 13.8. The molecule has 0 bridgehead atoms. The predicted molar refractivity (Wildman–Crippen MR) is 82.5 cm³/mol. The van der Waals surface area contributed by atoms with Crippen LogP contribution in [0.4, 0.5) is 0 Å². The Morgan fingerprint density at radius 1 is 1.21 bits per heavy atom. The van der Waals surface area contributed by atoms with E-state index < -0.39 is 0 Å². The Kier molecular flexibility index (Phi) is 5.00. The number of hydrogen-bond donors (Lipinski definition) is 1. The summed E-state index contributed by atoms with van der Waals surface area (Å²) in [7, 11) is 2.22. The first-order chi connectivity index (χ1) is 9.11. The summed E-state index contributed by atoms with van der Waals surface area (Å²) in [5, 5.41) is 0. The van der Waals surface area contributed by atoms with Crippen molar-refractivity contribution in [2.24, 2.45) is 11.7 Å². The van der Waals surface area contributed by atoms with Crippen molar-refractivity contribution in [1.29, 1.82) is 0 Å². The van der Waals surface area contributed by atoms with E-state index in [9.17, 15) is 0 Å². The first-order valence-electron chi connectivity index (χ1n) is 7.60. The number of nitrogens with two attached hydrogens (primary N) is 1. The molecule has 2 N–H and O–H groups in total. The second kappa shape index (κ2) is 6.53. The average Bonchev–Trinajstić information content (AvgIpc) is 2.40. The Hall–Kier alpha value is -0.860. The molecule has 0 aromatic heterocycles. The first-order valence-corrected chi connectivity index (χ1v) is 7.60. The fourth-order valence-electron chi connectivity index (χ4n) is 3.26. The third-order valence-electron chi connectivity index (χ3n) is 4.52. The number of piperidine rings is 1. The van der Waals surface area contributed by atoms with Gasteiger partial charge in [-0.15, -0.1) is 0 Å². The van der Waals surface area contributed by atoms with E-state index in [1.165, 1.54) is 37.1 Å². The minimum absolute atomic E-state index is 0.518. The fraction of sp³-hybridized carbons (Fsp3) is 0.647. The van der Waals surface area contributed by atoms with Crippen molar-refractivity contribution in [2.75, 3.05) is 26.7 Å². The molecule has 0 spiro atoms. The first kappa shape index (κ1) is 14.5. The Bertz CT molecular complexity index is 383. The number of rotatable bonds is 4. The van der Waals surface area contributed by atoms with Gasteiger partial charge in [0.25, 0.3) is 0 Å². The van der Waals surface area contributed by atoms with Gasteiger partial charge in [0.2, 0.25) is 0 Å². The Morgan fingerprint density at radius 3 is 2.37 bits per heavy atom. The van der Waals surface area contributed by atoms with Crippen LogP contribution in [0.2, 0.25) is 0 Å². The zero-order valence-electron chi connectivity index (χ0n) is 12.6. The lowest BCUT2D eigenvalue weighted by Gasteiger charge is -2.35. The topological polar surface area (TPSA) is 29.3 Å². The normalized spacial score (nSPS) is 22.7. The van der Waals surface area contributed by atoms with E-state index in [1.807, 2.05) is 0 Å². The summed E-state index contributed by atoms with van der Waals surface area (Å²) in [6.07, 6.45) is 2.62. The van der Waals surface area contributed by atoms with Crippen LogP contribution in [0.3, 0.4) is 0 Å². The van der Waals surface area contributed by atoms with Crippen molar-refractivity contribution in [3.8, 4) is 0 Å². The van der Waals surface area contributed by atoms with Crippen LogP contribution < -0.4 is 5.73 Å². The summed E-state index contributed by atoms with van der Waals surface area (Å²) in [5.41, 5.74) is 8.90. The molecule has 1 aliphatic rings. The average molecular weight is 260 g/mol. The van der Waals surface area contributed by atoms with Gasteiger partial charge in [-0.25, -0.2) is 0 Å². The smallest absolute Gasteiger partial charge is 0.00129 e. The second-order valence-corrected chi connectivity index (χ2v) is 6.33. The van der Waals surface area contributed by atoms with Gasteiger partial charge in [-0.1, -0.05) is 38.1 Å². The van der Waals surface area contributed by atoms with Crippen molar-refractivity contribution < 1.29 is 0 Å². The third kappa shape index (κ3) is 3.58. The van der Waals surface area contributed by atoms with Crippen LogP contribution in [0, 0.1) is 5.92 Å². The lowest BCUT2D eigenvalue weighted by molar-refractivity contribution is 0.188. The van der Waals surface area contributed by atoms with Gasteiger partial charge in [-0.05, 0) is 55.9 Å². The quantitative estimate of drug-likeness (QED) is 0.901. The second-order valence-electron chi connectivity index (χ2n) is 6.33. The molecule has 1 aromatic carbocycles. The lowest BCUT2D eigenvalue weighted by atomic mass is 9.80. The van der Waals surface area contributed by atoms with E-state index in [2.05, 4.69) is 50.1 Å². The Balaban J connectivity index is 2.12. The largest absolute Gasteiger partial charge is 0.330 e. The molecule has 0 radical (unpaired) electrons. The summed E-state index contributed by atoms with van der Waals surface area (Å²) in [6.45, 7) is 7.67. The molecule has 0 saturated carbocycles. The predicted octanol–water partition coefficient (Wildman–Crippen LogP) is 3.19. The van der Waals surface area contributed by atoms with Crippen LogP contribution in [-0.2, 0) is 0 Å². The molecule has 2 unspecified atom stereocenters. The van der Waals surface area contributed by atoms with E-state index in [0.717, 1.165) is 6.54 Å². The fourth-order valence-corrected chi connectivity index (χ4v) is 3.26. The molecule has 0 aliphatic carbocycles. The molecule has 1 aromatic rings. The van der Waals surface area contributed by atoms with Crippen LogP contribution in [0.15, 0.2) is 24.3 Å². The molecule has 2 nitrogen and oxygen atoms in total. The molecular formula is C17H28N2. The number of hydrogen-bond acceptors (Lipinski definition) is 2. The molecular weight excluding hydrogens is 232 g/mol. The van der Waals surface area contributed by atoms with Crippen molar-refractivity contribution in [2.45, 2.75) is 38.5 Å². The standard InChI is InChI=1S/C17H28N2/c1-13(2)14-6-8-15(9-7-14)17(11-18)16-5-4-10-19(3)12-16/h6-9,13,16-17H,4-5,10-12,18H2,1-3H3.